The summed E-state index contributed by atoms with van der Waals surface area (Å²) < 4.78 is 65.9. The molecule has 0 unspecified atom stereocenters. The van der Waals surface area contributed by atoms with Crippen molar-refractivity contribution in [1.29, 1.82) is 0 Å². The third-order valence-electron chi connectivity index (χ3n) is 3.24. The van der Waals surface area contributed by atoms with Crippen LogP contribution in [-0.2, 0) is 23.2 Å². The number of nitrogens with zero attached hydrogens (tertiary/aromatic N) is 2. The molecular formula is C13H14F3N3O2S. The predicted molar refractivity (Wildman–Crippen MR) is 74.9 cm³/mol. The lowest BCUT2D eigenvalue weighted by Crippen LogP contribution is -2.14. The number of benzene rings is 1. The fourth-order valence-electron chi connectivity index (χ4n) is 1.94. The second-order valence-electron chi connectivity index (χ2n) is 4.80. The fraction of sp³-hybridized carbons (Fsp3) is 0.308. The van der Waals surface area contributed by atoms with E-state index in [2.05, 4.69) is 9.82 Å². The van der Waals surface area contributed by atoms with E-state index >= 15 is 0 Å². The highest BCUT2D eigenvalue weighted by Crippen LogP contribution is 2.30. The van der Waals surface area contributed by atoms with Crippen molar-refractivity contribution in [3.8, 4) is 0 Å². The zero-order chi connectivity index (χ0) is 16.7. The Morgan fingerprint density at radius 2 is 1.68 bits per heavy atom. The molecule has 0 aliphatic rings. The van der Waals surface area contributed by atoms with Crippen molar-refractivity contribution in [3.63, 3.8) is 0 Å². The van der Waals surface area contributed by atoms with Crippen molar-refractivity contribution in [2.75, 3.05) is 4.72 Å². The Labute approximate surface area is 125 Å². The molecule has 22 heavy (non-hydrogen) atoms. The van der Waals surface area contributed by atoms with E-state index in [4.69, 9.17) is 0 Å². The normalized spacial score (nSPS) is 12.5. The number of aromatic nitrogens is 2. The van der Waals surface area contributed by atoms with Gasteiger partial charge in [-0.1, -0.05) is 0 Å². The van der Waals surface area contributed by atoms with Gasteiger partial charge in [0.1, 0.15) is 0 Å². The van der Waals surface area contributed by atoms with Gasteiger partial charge in [0, 0.05) is 7.05 Å². The van der Waals surface area contributed by atoms with Crippen LogP contribution in [0.1, 0.15) is 17.0 Å². The van der Waals surface area contributed by atoms with Crippen molar-refractivity contribution in [2.45, 2.75) is 24.9 Å². The number of hydrogen-bond acceptors (Lipinski definition) is 3. The average Bonchev–Trinajstić information content (AvgIpc) is 2.64. The Hall–Kier alpha value is -2.03. The monoisotopic (exact) mass is 333 g/mol. The minimum Gasteiger partial charge on any atom is -0.276 e. The molecule has 1 heterocycles. The van der Waals surface area contributed by atoms with Gasteiger partial charge in [0.2, 0.25) is 0 Å². The van der Waals surface area contributed by atoms with Crippen LogP contribution in [0.5, 0.6) is 0 Å². The molecule has 0 spiro atoms. The Balaban J connectivity index is 2.35. The molecule has 5 nitrogen and oxygen atoms in total. The first-order valence-electron chi connectivity index (χ1n) is 6.22. The van der Waals surface area contributed by atoms with E-state index in [1.54, 1.807) is 20.9 Å². The predicted octanol–water partition coefficient (Wildman–Crippen LogP) is 2.86. The molecule has 1 aromatic carbocycles. The molecule has 0 fully saturated rings. The minimum atomic E-state index is -4.51. The fourth-order valence-corrected chi connectivity index (χ4v) is 3.11. The summed E-state index contributed by atoms with van der Waals surface area (Å²) in [4.78, 5) is -0.247. The number of anilines is 1. The average molecular weight is 333 g/mol. The summed E-state index contributed by atoms with van der Waals surface area (Å²) >= 11 is 0. The number of sulfonamides is 1. The Kier molecular flexibility index (Phi) is 3.94. The van der Waals surface area contributed by atoms with Crippen LogP contribution in [0, 0.1) is 13.8 Å². The highest BCUT2D eigenvalue weighted by atomic mass is 32.2. The van der Waals surface area contributed by atoms with Crippen LogP contribution in [0.2, 0.25) is 0 Å². The van der Waals surface area contributed by atoms with Gasteiger partial charge in [-0.2, -0.15) is 18.3 Å². The van der Waals surface area contributed by atoms with Crippen LogP contribution in [-0.4, -0.2) is 18.2 Å². The van der Waals surface area contributed by atoms with Gasteiger partial charge in [0.05, 0.1) is 27.5 Å². The molecular weight excluding hydrogens is 319 g/mol. The molecule has 9 heteroatoms. The number of aryl methyl sites for hydroxylation is 2. The summed E-state index contributed by atoms with van der Waals surface area (Å²) in [6.45, 7) is 3.32. The number of alkyl halides is 3. The van der Waals surface area contributed by atoms with Crippen LogP contribution in [0.3, 0.4) is 0 Å². The maximum atomic E-state index is 12.5. The molecule has 0 aliphatic heterocycles. The number of rotatable bonds is 3. The van der Waals surface area contributed by atoms with Gasteiger partial charge in [-0.25, -0.2) is 8.42 Å². The SMILES string of the molecule is Cc1nn(C)c(C)c1NS(=O)(=O)c1ccc(C(F)(F)F)cc1. The first-order chi connectivity index (χ1) is 10.0. The molecule has 0 aliphatic carbocycles. The van der Waals surface area contributed by atoms with E-state index in [1.807, 2.05) is 0 Å². The molecule has 0 bridgehead atoms. The maximum absolute atomic E-state index is 12.5. The van der Waals surface area contributed by atoms with E-state index in [0.29, 0.717) is 17.1 Å². The molecule has 120 valence electrons. The van der Waals surface area contributed by atoms with Crippen LogP contribution >= 0.6 is 0 Å². The summed E-state index contributed by atoms with van der Waals surface area (Å²) in [6.07, 6.45) is -4.51. The van der Waals surface area contributed by atoms with E-state index in [0.717, 1.165) is 24.3 Å². The topological polar surface area (TPSA) is 64.0 Å². The van der Waals surface area contributed by atoms with Crippen molar-refractivity contribution in [3.05, 3.63) is 41.2 Å². The Morgan fingerprint density at radius 1 is 1.14 bits per heavy atom. The molecule has 0 radical (unpaired) electrons. The summed E-state index contributed by atoms with van der Waals surface area (Å²) in [7, 11) is -2.31. The first kappa shape index (κ1) is 16.3. The largest absolute Gasteiger partial charge is 0.416 e. The molecule has 0 saturated carbocycles. The van der Waals surface area contributed by atoms with E-state index in [-0.39, 0.29) is 4.90 Å². The Bertz CT molecular complexity index is 793. The third-order valence-corrected chi connectivity index (χ3v) is 4.60. The minimum absolute atomic E-state index is 0.247. The van der Waals surface area contributed by atoms with Gasteiger partial charge >= 0.3 is 6.18 Å². The maximum Gasteiger partial charge on any atom is 0.416 e. The van der Waals surface area contributed by atoms with E-state index in [1.165, 1.54) is 4.68 Å². The van der Waals surface area contributed by atoms with Gasteiger partial charge < -0.3 is 0 Å². The quantitative estimate of drug-likeness (QED) is 0.939. The lowest BCUT2D eigenvalue weighted by Gasteiger charge is -2.10. The van der Waals surface area contributed by atoms with Crippen LogP contribution in [0.4, 0.5) is 18.9 Å². The second kappa shape index (κ2) is 5.31. The van der Waals surface area contributed by atoms with Gasteiger partial charge in [-0.3, -0.25) is 9.40 Å². The van der Waals surface area contributed by atoms with Crippen molar-refractivity contribution in [2.24, 2.45) is 7.05 Å². The smallest absolute Gasteiger partial charge is 0.276 e. The third kappa shape index (κ3) is 3.08. The second-order valence-corrected chi connectivity index (χ2v) is 6.48. The van der Waals surface area contributed by atoms with Crippen LogP contribution < -0.4 is 4.72 Å². The number of halogens is 3. The van der Waals surface area contributed by atoms with Crippen molar-refractivity contribution < 1.29 is 21.6 Å². The number of hydrogen-bond donors (Lipinski definition) is 1. The van der Waals surface area contributed by atoms with Crippen LogP contribution in [0.25, 0.3) is 0 Å². The first-order valence-corrected chi connectivity index (χ1v) is 7.71. The lowest BCUT2D eigenvalue weighted by atomic mass is 10.2. The highest BCUT2D eigenvalue weighted by molar-refractivity contribution is 7.92. The van der Waals surface area contributed by atoms with Gasteiger partial charge in [0.15, 0.2) is 0 Å². The standard InChI is InChI=1S/C13H14F3N3O2S/c1-8-12(9(2)19(3)17-8)18-22(20,21)11-6-4-10(5-7-11)13(14,15)16/h4-7,18H,1-3H3. The number of nitrogens with one attached hydrogen (secondary N) is 1. The summed E-state index contributed by atoms with van der Waals surface area (Å²) in [5.74, 6) is 0. The highest BCUT2D eigenvalue weighted by Gasteiger charge is 2.30. The van der Waals surface area contributed by atoms with Crippen molar-refractivity contribution >= 4 is 15.7 Å². The van der Waals surface area contributed by atoms with Crippen molar-refractivity contribution in [1.82, 2.24) is 9.78 Å². The summed E-state index contributed by atoms with van der Waals surface area (Å²) in [6, 6.07) is 3.31. The van der Waals surface area contributed by atoms with Gasteiger partial charge in [0.25, 0.3) is 10.0 Å². The zero-order valence-electron chi connectivity index (χ0n) is 12.1. The summed E-state index contributed by atoms with van der Waals surface area (Å²) in [5, 5.41) is 4.08. The van der Waals surface area contributed by atoms with Gasteiger partial charge in [-0.05, 0) is 38.1 Å². The van der Waals surface area contributed by atoms with E-state index < -0.39 is 21.8 Å². The molecule has 1 N–H and O–H groups in total. The zero-order valence-corrected chi connectivity index (χ0v) is 12.9. The molecule has 2 aromatic rings. The summed E-state index contributed by atoms with van der Waals surface area (Å²) in [5.41, 5.74) is 0.506. The molecule has 1 aromatic heterocycles. The molecule has 0 atom stereocenters. The van der Waals surface area contributed by atoms with Gasteiger partial charge in [-0.15, -0.1) is 0 Å². The van der Waals surface area contributed by atoms with Crippen LogP contribution in [0.15, 0.2) is 29.2 Å². The van der Waals surface area contributed by atoms with E-state index in [9.17, 15) is 21.6 Å². The molecule has 0 amide bonds. The molecule has 0 saturated heterocycles. The Morgan fingerprint density at radius 3 is 2.09 bits per heavy atom. The lowest BCUT2D eigenvalue weighted by molar-refractivity contribution is -0.137. The molecule has 2 rings (SSSR count).